The summed E-state index contributed by atoms with van der Waals surface area (Å²) in [5, 5.41) is 8.50. The molecule has 0 aromatic heterocycles. The Kier molecular flexibility index (Phi) is 2.25. The standard InChI is InChI=1S/C7H11FO2/c8-4-5-1-2-6(3-5)7(9)10/h5-6H,1-4H2,(H,9,10)/t5?,6-/m0/s1. The molecule has 0 radical (unpaired) electrons. The van der Waals surface area contributed by atoms with Crippen LogP contribution in [0.25, 0.3) is 0 Å². The van der Waals surface area contributed by atoms with Crippen LogP contribution in [0.2, 0.25) is 0 Å². The second-order valence-corrected chi connectivity index (χ2v) is 2.87. The molecule has 0 saturated heterocycles. The number of carboxylic acids is 1. The second-order valence-electron chi connectivity index (χ2n) is 2.87. The molecule has 10 heavy (non-hydrogen) atoms. The number of carbonyl (C=O) groups is 1. The summed E-state index contributed by atoms with van der Waals surface area (Å²) in [7, 11) is 0. The van der Waals surface area contributed by atoms with E-state index < -0.39 is 5.97 Å². The highest BCUT2D eigenvalue weighted by Crippen LogP contribution is 2.30. The maximum Gasteiger partial charge on any atom is 0.306 e. The van der Waals surface area contributed by atoms with Crippen LogP contribution in [0.3, 0.4) is 0 Å². The fraction of sp³-hybridized carbons (Fsp3) is 0.857. The van der Waals surface area contributed by atoms with Crippen molar-refractivity contribution in [2.45, 2.75) is 19.3 Å². The van der Waals surface area contributed by atoms with Gasteiger partial charge in [-0.3, -0.25) is 9.18 Å². The Bertz CT molecular complexity index is 136. The first-order valence-electron chi connectivity index (χ1n) is 3.52. The van der Waals surface area contributed by atoms with Crippen LogP contribution < -0.4 is 0 Å². The lowest BCUT2D eigenvalue weighted by atomic mass is 10.1. The average molecular weight is 146 g/mol. The number of aliphatic carboxylic acids is 1. The molecule has 0 amide bonds. The topological polar surface area (TPSA) is 37.3 Å². The summed E-state index contributed by atoms with van der Waals surface area (Å²) in [6.45, 7) is -0.357. The van der Waals surface area contributed by atoms with Crippen molar-refractivity contribution in [2.24, 2.45) is 11.8 Å². The molecule has 3 heteroatoms. The van der Waals surface area contributed by atoms with Gasteiger partial charge < -0.3 is 5.11 Å². The maximum absolute atomic E-state index is 11.9. The third kappa shape index (κ3) is 1.46. The Labute approximate surface area is 59.0 Å². The van der Waals surface area contributed by atoms with Crippen LogP contribution in [0.4, 0.5) is 4.39 Å². The monoisotopic (exact) mass is 146 g/mol. The van der Waals surface area contributed by atoms with Crippen molar-refractivity contribution >= 4 is 5.97 Å². The normalized spacial score (nSPS) is 32.5. The van der Waals surface area contributed by atoms with Crippen molar-refractivity contribution < 1.29 is 14.3 Å². The Balaban J connectivity index is 2.35. The van der Waals surface area contributed by atoms with E-state index in [0.717, 1.165) is 6.42 Å². The molecule has 1 aliphatic rings. The van der Waals surface area contributed by atoms with Crippen LogP contribution in [0.5, 0.6) is 0 Å². The third-order valence-electron chi connectivity index (χ3n) is 2.11. The first-order chi connectivity index (χ1) is 4.74. The SMILES string of the molecule is O=C(O)[C@H]1CCC(CF)C1. The van der Waals surface area contributed by atoms with E-state index in [2.05, 4.69) is 0 Å². The van der Waals surface area contributed by atoms with Crippen molar-refractivity contribution in [1.82, 2.24) is 0 Å². The van der Waals surface area contributed by atoms with Gasteiger partial charge >= 0.3 is 5.97 Å². The summed E-state index contributed by atoms with van der Waals surface area (Å²) in [6.07, 6.45) is 1.93. The molecule has 0 aromatic rings. The zero-order valence-electron chi connectivity index (χ0n) is 5.72. The number of carboxylic acid groups (broad SMARTS) is 1. The molecular weight excluding hydrogens is 135 g/mol. The molecule has 0 spiro atoms. The van der Waals surface area contributed by atoms with Gasteiger partial charge in [0, 0.05) is 0 Å². The predicted molar refractivity (Wildman–Crippen MR) is 34.4 cm³/mol. The number of alkyl halides is 1. The van der Waals surface area contributed by atoms with E-state index in [4.69, 9.17) is 5.11 Å². The highest BCUT2D eigenvalue weighted by atomic mass is 19.1. The van der Waals surface area contributed by atoms with Crippen LogP contribution in [0.15, 0.2) is 0 Å². The smallest absolute Gasteiger partial charge is 0.306 e. The number of halogens is 1. The lowest BCUT2D eigenvalue weighted by Crippen LogP contribution is -2.09. The quantitative estimate of drug-likeness (QED) is 0.640. The van der Waals surface area contributed by atoms with Gasteiger partial charge in [-0.1, -0.05) is 0 Å². The summed E-state index contributed by atoms with van der Waals surface area (Å²) >= 11 is 0. The van der Waals surface area contributed by atoms with Crippen LogP contribution >= 0.6 is 0 Å². The highest BCUT2D eigenvalue weighted by molar-refractivity contribution is 5.70. The summed E-state index contributed by atoms with van der Waals surface area (Å²) in [5.74, 6) is -1.03. The lowest BCUT2D eigenvalue weighted by molar-refractivity contribution is -0.141. The van der Waals surface area contributed by atoms with Gasteiger partial charge in [0.1, 0.15) is 0 Å². The van der Waals surface area contributed by atoms with Crippen molar-refractivity contribution in [3.05, 3.63) is 0 Å². The first-order valence-corrected chi connectivity index (χ1v) is 3.52. The minimum absolute atomic E-state index is 0.0149. The van der Waals surface area contributed by atoms with Crippen molar-refractivity contribution in [2.75, 3.05) is 6.67 Å². The van der Waals surface area contributed by atoms with Gasteiger partial charge in [0.25, 0.3) is 0 Å². The molecule has 1 fully saturated rings. The summed E-state index contributed by atoms with van der Waals surface area (Å²) < 4.78 is 11.9. The summed E-state index contributed by atoms with van der Waals surface area (Å²) in [4.78, 5) is 10.3. The highest BCUT2D eigenvalue weighted by Gasteiger charge is 2.29. The van der Waals surface area contributed by atoms with Gasteiger partial charge in [0.05, 0.1) is 12.6 Å². The molecule has 1 aliphatic carbocycles. The van der Waals surface area contributed by atoms with E-state index in [9.17, 15) is 9.18 Å². The number of hydrogen-bond donors (Lipinski definition) is 1. The Morgan fingerprint density at radius 2 is 2.30 bits per heavy atom. The molecule has 1 unspecified atom stereocenters. The van der Waals surface area contributed by atoms with E-state index in [1.54, 1.807) is 0 Å². The van der Waals surface area contributed by atoms with E-state index in [-0.39, 0.29) is 18.5 Å². The fourth-order valence-electron chi connectivity index (χ4n) is 1.44. The Hall–Kier alpha value is -0.600. The van der Waals surface area contributed by atoms with E-state index in [1.807, 2.05) is 0 Å². The van der Waals surface area contributed by atoms with Crippen LogP contribution in [-0.2, 0) is 4.79 Å². The van der Waals surface area contributed by atoms with Crippen molar-refractivity contribution in [3.8, 4) is 0 Å². The first kappa shape index (κ1) is 7.51. The zero-order valence-corrected chi connectivity index (χ0v) is 5.72. The Morgan fingerprint density at radius 1 is 1.60 bits per heavy atom. The minimum Gasteiger partial charge on any atom is -0.481 e. The molecule has 2 atom stereocenters. The number of hydrogen-bond acceptors (Lipinski definition) is 1. The molecule has 0 aromatic carbocycles. The average Bonchev–Trinajstić information content (AvgIpc) is 2.34. The van der Waals surface area contributed by atoms with Crippen LogP contribution in [0.1, 0.15) is 19.3 Å². The van der Waals surface area contributed by atoms with Crippen molar-refractivity contribution in [3.63, 3.8) is 0 Å². The zero-order chi connectivity index (χ0) is 7.56. The molecule has 1 rings (SSSR count). The predicted octanol–water partition coefficient (Wildman–Crippen LogP) is 1.46. The van der Waals surface area contributed by atoms with Gasteiger partial charge in [0.15, 0.2) is 0 Å². The molecule has 0 bridgehead atoms. The van der Waals surface area contributed by atoms with Crippen LogP contribution in [-0.4, -0.2) is 17.8 Å². The van der Waals surface area contributed by atoms with Crippen LogP contribution in [0, 0.1) is 11.8 Å². The van der Waals surface area contributed by atoms with Gasteiger partial charge in [0.2, 0.25) is 0 Å². The fourth-order valence-corrected chi connectivity index (χ4v) is 1.44. The van der Waals surface area contributed by atoms with Gasteiger partial charge in [-0.25, -0.2) is 0 Å². The third-order valence-corrected chi connectivity index (χ3v) is 2.11. The second kappa shape index (κ2) is 2.99. The van der Waals surface area contributed by atoms with E-state index >= 15 is 0 Å². The minimum atomic E-state index is -0.768. The summed E-state index contributed by atoms with van der Waals surface area (Å²) in [5.41, 5.74) is 0. The number of rotatable bonds is 2. The van der Waals surface area contributed by atoms with E-state index in [0.29, 0.717) is 12.8 Å². The van der Waals surface area contributed by atoms with Crippen molar-refractivity contribution in [1.29, 1.82) is 0 Å². The Morgan fingerprint density at radius 3 is 2.60 bits per heavy atom. The molecule has 0 aliphatic heterocycles. The van der Waals surface area contributed by atoms with Gasteiger partial charge in [-0.15, -0.1) is 0 Å². The van der Waals surface area contributed by atoms with E-state index in [1.165, 1.54) is 0 Å². The molecule has 2 nitrogen and oxygen atoms in total. The molecular formula is C7H11FO2. The van der Waals surface area contributed by atoms with Gasteiger partial charge in [-0.05, 0) is 25.2 Å². The molecule has 1 N–H and O–H groups in total. The largest absolute Gasteiger partial charge is 0.481 e. The van der Waals surface area contributed by atoms with Gasteiger partial charge in [-0.2, -0.15) is 0 Å². The molecule has 0 heterocycles. The maximum atomic E-state index is 11.9. The molecule has 1 saturated carbocycles. The molecule has 58 valence electrons. The summed E-state index contributed by atoms with van der Waals surface area (Å²) in [6, 6.07) is 0. The lowest BCUT2D eigenvalue weighted by Gasteiger charge is -2.01.